The molecule has 1 N–H and O–H groups in total. The Labute approximate surface area is 154 Å². The van der Waals surface area contributed by atoms with Crippen molar-refractivity contribution in [1.29, 1.82) is 0 Å². The number of ether oxygens (including phenoxy) is 1. The lowest BCUT2D eigenvalue weighted by Gasteiger charge is -2.37. The third-order valence-electron chi connectivity index (χ3n) is 4.77. The molecule has 0 spiro atoms. The predicted octanol–water partition coefficient (Wildman–Crippen LogP) is 0.619. The van der Waals surface area contributed by atoms with E-state index in [0.717, 1.165) is 11.1 Å². The number of amides is 2. The average Bonchev–Trinajstić information content (AvgIpc) is 2.64. The first kappa shape index (κ1) is 19.7. The highest BCUT2D eigenvalue weighted by atomic mass is 35.5. The number of rotatable bonds is 3. The number of nitrogens with one attached hydrogen (secondary N) is 1. The molecular weight excluding hydrogens is 342 g/mol. The Hall–Kier alpha value is -1.63. The molecule has 1 aromatic carbocycles. The summed E-state index contributed by atoms with van der Waals surface area (Å²) in [5.41, 5.74) is 2.22. The molecular formula is C18H26ClN3O3. The number of carbonyl (C=O) groups is 2. The topological polar surface area (TPSA) is 61.9 Å². The van der Waals surface area contributed by atoms with Crippen LogP contribution in [0.3, 0.4) is 0 Å². The third-order valence-corrected chi connectivity index (χ3v) is 4.77. The van der Waals surface area contributed by atoms with E-state index in [4.69, 9.17) is 4.74 Å². The zero-order valence-corrected chi connectivity index (χ0v) is 15.4. The van der Waals surface area contributed by atoms with Crippen LogP contribution in [0, 0.1) is 6.92 Å². The molecule has 2 heterocycles. The first-order chi connectivity index (χ1) is 11.6. The van der Waals surface area contributed by atoms with Gasteiger partial charge in [-0.05, 0) is 18.1 Å². The molecule has 25 heavy (non-hydrogen) atoms. The smallest absolute Gasteiger partial charge is 0.242 e. The molecule has 0 aliphatic carbocycles. The Morgan fingerprint density at radius 2 is 1.84 bits per heavy atom. The molecule has 2 fully saturated rings. The van der Waals surface area contributed by atoms with Crippen LogP contribution in [-0.4, -0.2) is 73.6 Å². The predicted molar refractivity (Wildman–Crippen MR) is 97.9 cm³/mol. The lowest BCUT2D eigenvalue weighted by molar-refractivity contribution is -0.142. The number of morpholine rings is 1. The van der Waals surface area contributed by atoms with E-state index >= 15 is 0 Å². The van der Waals surface area contributed by atoms with Crippen LogP contribution in [0.4, 0.5) is 0 Å². The van der Waals surface area contributed by atoms with Gasteiger partial charge in [0.05, 0.1) is 19.6 Å². The van der Waals surface area contributed by atoms with Crippen molar-refractivity contribution in [2.24, 2.45) is 0 Å². The Bertz CT molecular complexity index is 597. The highest BCUT2D eigenvalue weighted by Crippen LogP contribution is 2.12. The summed E-state index contributed by atoms with van der Waals surface area (Å²) in [6, 6.07) is 7.73. The summed E-state index contributed by atoms with van der Waals surface area (Å²) in [6.45, 7) is 6.22. The first-order valence-electron chi connectivity index (χ1n) is 8.57. The molecule has 2 amide bonds. The summed E-state index contributed by atoms with van der Waals surface area (Å²) in [4.78, 5) is 28.6. The van der Waals surface area contributed by atoms with Gasteiger partial charge in [0.15, 0.2) is 0 Å². The molecule has 2 saturated heterocycles. The van der Waals surface area contributed by atoms with Crippen molar-refractivity contribution in [2.45, 2.75) is 19.4 Å². The highest BCUT2D eigenvalue weighted by Gasteiger charge is 2.30. The lowest BCUT2D eigenvalue weighted by atomic mass is 10.1. The van der Waals surface area contributed by atoms with Gasteiger partial charge in [0, 0.05) is 32.7 Å². The summed E-state index contributed by atoms with van der Waals surface area (Å²) >= 11 is 0. The van der Waals surface area contributed by atoms with Crippen LogP contribution in [-0.2, 0) is 20.7 Å². The summed E-state index contributed by atoms with van der Waals surface area (Å²) in [5, 5.41) is 3.19. The van der Waals surface area contributed by atoms with Crippen LogP contribution < -0.4 is 5.32 Å². The number of halogens is 1. The zero-order chi connectivity index (χ0) is 16.9. The minimum atomic E-state index is -0.243. The number of carbonyl (C=O) groups excluding carboxylic acids is 2. The van der Waals surface area contributed by atoms with Crippen LogP contribution in [0.1, 0.15) is 11.1 Å². The molecule has 1 atom stereocenters. The van der Waals surface area contributed by atoms with Gasteiger partial charge in [-0.1, -0.05) is 24.3 Å². The quantitative estimate of drug-likeness (QED) is 0.850. The summed E-state index contributed by atoms with van der Waals surface area (Å²) in [5.74, 6) is 0.219. The molecule has 0 bridgehead atoms. The number of hydrogen-bond donors (Lipinski definition) is 1. The Morgan fingerprint density at radius 1 is 1.16 bits per heavy atom. The number of hydrogen-bond acceptors (Lipinski definition) is 4. The first-order valence-corrected chi connectivity index (χ1v) is 8.57. The largest absolute Gasteiger partial charge is 0.378 e. The molecule has 2 aliphatic heterocycles. The second kappa shape index (κ2) is 9.17. The van der Waals surface area contributed by atoms with E-state index in [-0.39, 0.29) is 30.3 Å². The van der Waals surface area contributed by atoms with Crippen molar-refractivity contribution in [2.75, 3.05) is 45.9 Å². The normalized spacial score (nSPS) is 20.8. The van der Waals surface area contributed by atoms with Gasteiger partial charge in [-0.15, -0.1) is 12.4 Å². The van der Waals surface area contributed by atoms with Gasteiger partial charge in [-0.2, -0.15) is 0 Å². The Balaban J connectivity index is 0.00000225. The van der Waals surface area contributed by atoms with Gasteiger partial charge in [0.25, 0.3) is 0 Å². The fourth-order valence-electron chi connectivity index (χ4n) is 3.20. The van der Waals surface area contributed by atoms with E-state index in [0.29, 0.717) is 52.4 Å². The SMILES string of the molecule is Cc1ccccc1CC(=O)N1CCN(C(=O)C2COCCN2)CC1.Cl. The van der Waals surface area contributed by atoms with E-state index in [2.05, 4.69) is 5.32 Å². The van der Waals surface area contributed by atoms with E-state index in [1.807, 2.05) is 41.0 Å². The summed E-state index contributed by atoms with van der Waals surface area (Å²) in [7, 11) is 0. The maximum Gasteiger partial charge on any atom is 0.242 e. The second-order valence-corrected chi connectivity index (χ2v) is 6.39. The standard InChI is InChI=1S/C18H25N3O3.ClH/c1-14-4-2-3-5-15(14)12-17(22)20-7-9-21(10-8-20)18(23)16-13-24-11-6-19-16;/h2-5,16,19H,6-13H2,1H3;1H. The molecule has 0 aromatic heterocycles. The van der Waals surface area contributed by atoms with Crippen LogP contribution in [0.2, 0.25) is 0 Å². The van der Waals surface area contributed by atoms with Gasteiger partial charge in [-0.25, -0.2) is 0 Å². The Morgan fingerprint density at radius 3 is 2.48 bits per heavy atom. The molecule has 138 valence electrons. The summed E-state index contributed by atoms with van der Waals surface area (Å²) < 4.78 is 5.36. The molecule has 6 nitrogen and oxygen atoms in total. The lowest BCUT2D eigenvalue weighted by Crippen LogP contribution is -2.57. The minimum Gasteiger partial charge on any atom is -0.378 e. The third kappa shape index (κ3) is 4.93. The van der Waals surface area contributed by atoms with Gasteiger partial charge >= 0.3 is 0 Å². The second-order valence-electron chi connectivity index (χ2n) is 6.39. The number of nitrogens with zero attached hydrogens (tertiary/aromatic N) is 2. The van der Waals surface area contributed by atoms with Gasteiger partial charge in [0.1, 0.15) is 6.04 Å². The molecule has 7 heteroatoms. The molecule has 1 aromatic rings. The van der Waals surface area contributed by atoms with E-state index in [9.17, 15) is 9.59 Å². The van der Waals surface area contributed by atoms with Gasteiger partial charge in [0.2, 0.25) is 11.8 Å². The van der Waals surface area contributed by atoms with E-state index < -0.39 is 0 Å². The fraction of sp³-hybridized carbons (Fsp3) is 0.556. The van der Waals surface area contributed by atoms with Crippen molar-refractivity contribution >= 4 is 24.2 Å². The van der Waals surface area contributed by atoms with Crippen molar-refractivity contribution in [1.82, 2.24) is 15.1 Å². The van der Waals surface area contributed by atoms with Crippen molar-refractivity contribution in [3.63, 3.8) is 0 Å². The van der Waals surface area contributed by atoms with E-state index in [1.165, 1.54) is 0 Å². The maximum atomic E-state index is 12.5. The van der Waals surface area contributed by atoms with Crippen LogP contribution in [0.5, 0.6) is 0 Å². The minimum absolute atomic E-state index is 0. The number of benzene rings is 1. The molecule has 1 unspecified atom stereocenters. The van der Waals surface area contributed by atoms with Crippen LogP contribution >= 0.6 is 12.4 Å². The summed E-state index contributed by atoms with van der Waals surface area (Å²) in [6.07, 6.45) is 0.429. The zero-order valence-electron chi connectivity index (χ0n) is 14.6. The van der Waals surface area contributed by atoms with E-state index in [1.54, 1.807) is 0 Å². The van der Waals surface area contributed by atoms with Crippen molar-refractivity contribution in [3.8, 4) is 0 Å². The molecule has 0 radical (unpaired) electrons. The molecule has 3 rings (SSSR count). The van der Waals surface area contributed by atoms with Gasteiger partial charge < -0.3 is 19.9 Å². The fourth-order valence-corrected chi connectivity index (χ4v) is 3.20. The number of aryl methyl sites for hydroxylation is 1. The molecule has 0 saturated carbocycles. The van der Waals surface area contributed by atoms with Gasteiger partial charge in [-0.3, -0.25) is 9.59 Å². The average molecular weight is 368 g/mol. The Kier molecular flexibility index (Phi) is 7.23. The van der Waals surface area contributed by atoms with Crippen LogP contribution in [0.25, 0.3) is 0 Å². The number of piperazine rings is 1. The van der Waals surface area contributed by atoms with Crippen LogP contribution in [0.15, 0.2) is 24.3 Å². The monoisotopic (exact) mass is 367 g/mol. The van der Waals surface area contributed by atoms with Crippen molar-refractivity contribution in [3.05, 3.63) is 35.4 Å². The highest BCUT2D eigenvalue weighted by molar-refractivity contribution is 5.85. The molecule has 2 aliphatic rings. The van der Waals surface area contributed by atoms with Crippen molar-refractivity contribution < 1.29 is 14.3 Å². The maximum absolute atomic E-state index is 12.5.